The number of amides is 1. The van der Waals surface area contributed by atoms with Gasteiger partial charge < -0.3 is 10.6 Å². The summed E-state index contributed by atoms with van der Waals surface area (Å²) in [6, 6.07) is 4.03. The second-order valence-electron chi connectivity index (χ2n) is 5.54. The lowest BCUT2D eigenvalue weighted by Gasteiger charge is -2.27. The molecule has 0 unspecified atom stereocenters. The van der Waals surface area contributed by atoms with Crippen LogP contribution < -0.4 is 10.6 Å². The maximum atomic E-state index is 12.3. The van der Waals surface area contributed by atoms with Gasteiger partial charge in [-0.1, -0.05) is 6.92 Å². The molecule has 0 aliphatic heterocycles. The molecule has 1 fully saturated rings. The lowest BCUT2D eigenvalue weighted by Crippen LogP contribution is -2.38. The van der Waals surface area contributed by atoms with Crippen molar-refractivity contribution in [3.63, 3.8) is 0 Å². The summed E-state index contributed by atoms with van der Waals surface area (Å²) in [5.74, 6) is -0.0530. The Morgan fingerprint density at radius 2 is 2.14 bits per heavy atom. The predicted molar refractivity (Wildman–Crippen MR) is 90.0 cm³/mol. The summed E-state index contributed by atoms with van der Waals surface area (Å²) in [4.78, 5) is 16.5. The third-order valence-electron chi connectivity index (χ3n) is 3.91. The molecule has 1 amide bonds. The first-order valence-electron chi connectivity index (χ1n) is 7.76. The van der Waals surface area contributed by atoms with Crippen molar-refractivity contribution in [1.29, 1.82) is 0 Å². The van der Waals surface area contributed by atoms with Crippen molar-refractivity contribution in [2.45, 2.75) is 50.3 Å². The van der Waals surface area contributed by atoms with Gasteiger partial charge in [-0.2, -0.15) is 11.8 Å². The lowest BCUT2D eigenvalue weighted by atomic mass is 9.95. The van der Waals surface area contributed by atoms with E-state index in [0.717, 1.165) is 36.7 Å². The van der Waals surface area contributed by atoms with Crippen LogP contribution in [0.3, 0.4) is 0 Å². The third kappa shape index (κ3) is 4.92. The van der Waals surface area contributed by atoms with Crippen LogP contribution in [0.2, 0.25) is 0 Å². The van der Waals surface area contributed by atoms with Gasteiger partial charge in [0.05, 0.1) is 0 Å². The first kappa shape index (κ1) is 16.1. The number of nitrogens with zero attached hydrogens (tertiary/aromatic N) is 1. The Labute approximate surface area is 131 Å². The molecule has 2 N–H and O–H groups in total. The molecular weight excluding hydrogens is 282 g/mol. The molecule has 2 rings (SSSR count). The average molecular weight is 307 g/mol. The van der Waals surface area contributed by atoms with E-state index in [1.165, 1.54) is 12.8 Å². The number of anilines is 1. The maximum Gasteiger partial charge on any atom is 0.270 e. The summed E-state index contributed by atoms with van der Waals surface area (Å²) in [7, 11) is 0. The molecule has 0 saturated heterocycles. The second-order valence-corrected chi connectivity index (χ2v) is 6.68. The standard InChI is InChI=1S/C16H25N3OS/c1-3-9-17-13-8-10-18-15(11-13)16(20)19-12-4-6-14(21-2)7-5-12/h8,10-12,14H,3-7,9H2,1-2H3,(H,17,18)(H,19,20). The number of carbonyl (C=O) groups excluding carboxylic acids is 1. The molecule has 21 heavy (non-hydrogen) atoms. The minimum Gasteiger partial charge on any atom is -0.385 e. The van der Waals surface area contributed by atoms with Gasteiger partial charge in [0.15, 0.2) is 0 Å². The van der Waals surface area contributed by atoms with E-state index in [4.69, 9.17) is 0 Å². The van der Waals surface area contributed by atoms with E-state index >= 15 is 0 Å². The van der Waals surface area contributed by atoms with Gasteiger partial charge in [0.1, 0.15) is 5.69 Å². The van der Waals surface area contributed by atoms with Crippen molar-refractivity contribution in [3.05, 3.63) is 24.0 Å². The highest BCUT2D eigenvalue weighted by atomic mass is 32.2. The Hall–Kier alpha value is -1.23. The monoisotopic (exact) mass is 307 g/mol. The summed E-state index contributed by atoms with van der Waals surface area (Å²) >= 11 is 1.94. The van der Waals surface area contributed by atoms with E-state index in [0.29, 0.717) is 11.7 Å². The van der Waals surface area contributed by atoms with Crippen LogP contribution >= 0.6 is 11.8 Å². The summed E-state index contributed by atoms with van der Waals surface area (Å²) in [6.07, 6.45) is 9.45. The number of nitrogens with one attached hydrogen (secondary N) is 2. The van der Waals surface area contributed by atoms with Crippen LogP contribution in [0, 0.1) is 0 Å². The van der Waals surface area contributed by atoms with E-state index in [9.17, 15) is 4.79 Å². The summed E-state index contributed by atoms with van der Waals surface area (Å²) in [6.45, 7) is 3.02. The van der Waals surface area contributed by atoms with Crippen molar-refractivity contribution in [2.75, 3.05) is 18.1 Å². The van der Waals surface area contributed by atoms with Gasteiger partial charge in [-0.3, -0.25) is 9.78 Å². The van der Waals surface area contributed by atoms with Crippen molar-refractivity contribution in [1.82, 2.24) is 10.3 Å². The van der Waals surface area contributed by atoms with Crippen LogP contribution in [0.15, 0.2) is 18.3 Å². The van der Waals surface area contributed by atoms with E-state index in [2.05, 4.69) is 28.8 Å². The van der Waals surface area contributed by atoms with Crippen molar-refractivity contribution < 1.29 is 4.79 Å². The van der Waals surface area contributed by atoms with E-state index in [1.54, 1.807) is 6.20 Å². The highest BCUT2D eigenvalue weighted by molar-refractivity contribution is 7.99. The quantitative estimate of drug-likeness (QED) is 0.846. The van der Waals surface area contributed by atoms with E-state index in [1.807, 2.05) is 23.9 Å². The number of pyridine rings is 1. The fourth-order valence-electron chi connectivity index (χ4n) is 2.64. The molecule has 116 valence electrons. The van der Waals surface area contributed by atoms with Crippen LogP contribution in [0.4, 0.5) is 5.69 Å². The molecule has 1 heterocycles. The molecule has 1 aliphatic rings. The molecule has 1 saturated carbocycles. The van der Waals surface area contributed by atoms with Gasteiger partial charge in [-0.05, 0) is 50.5 Å². The number of hydrogen-bond acceptors (Lipinski definition) is 4. The van der Waals surface area contributed by atoms with Crippen molar-refractivity contribution in [3.8, 4) is 0 Å². The van der Waals surface area contributed by atoms with Crippen molar-refractivity contribution in [2.24, 2.45) is 0 Å². The molecule has 1 aliphatic carbocycles. The fourth-order valence-corrected chi connectivity index (χ4v) is 3.38. The summed E-state index contributed by atoms with van der Waals surface area (Å²) < 4.78 is 0. The van der Waals surface area contributed by atoms with Crippen LogP contribution in [-0.4, -0.2) is 35.0 Å². The third-order valence-corrected chi connectivity index (χ3v) is 5.05. The van der Waals surface area contributed by atoms with E-state index in [-0.39, 0.29) is 5.91 Å². The average Bonchev–Trinajstić information content (AvgIpc) is 2.54. The van der Waals surface area contributed by atoms with Crippen LogP contribution in [0.1, 0.15) is 49.5 Å². The minimum atomic E-state index is -0.0530. The Bertz CT molecular complexity index is 459. The summed E-state index contributed by atoms with van der Waals surface area (Å²) in [5, 5.41) is 7.17. The van der Waals surface area contributed by atoms with Gasteiger partial charge in [-0.15, -0.1) is 0 Å². The molecule has 0 aromatic carbocycles. The molecule has 0 atom stereocenters. The van der Waals surface area contributed by atoms with E-state index < -0.39 is 0 Å². The maximum absolute atomic E-state index is 12.3. The molecule has 0 spiro atoms. The number of rotatable bonds is 6. The Morgan fingerprint density at radius 1 is 1.38 bits per heavy atom. The van der Waals surface area contributed by atoms with Gasteiger partial charge >= 0.3 is 0 Å². The zero-order chi connectivity index (χ0) is 15.1. The number of hydrogen-bond donors (Lipinski definition) is 2. The number of aromatic nitrogens is 1. The Kier molecular flexibility index (Phi) is 6.36. The predicted octanol–water partition coefficient (Wildman–Crippen LogP) is 3.31. The minimum absolute atomic E-state index is 0.0530. The summed E-state index contributed by atoms with van der Waals surface area (Å²) in [5.41, 5.74) is 1.46. The highest BCUT2D eigenvalue weighted by Gasteiger charge is 2.22. The molecular formula is C16H25N3OS. The smallest absolute Gasteiger partial charge is 0.270 e. The zero-order valence-corrected chi connectivity index (χ0v) is 13.7. The van der Waals surface area contributed by atoms with Crippen LogP contribution in [0.25, 0.3) is 0 Å². The number of thioether (sulfide) groups is 1. The molecule has 0 bridgehead atoms. The van der Waals surface area contributed by atoms with Gasteiger partial charge in [0.25, 0.3) is 5.91 Å². The molecule has 1 aromatic heterocycles. The lowest BCUT2D eigenvalue weighted by molar-refractivity contribution is 0.0923. The van der Waals surface area contributed by atoms with Crippen molar-refractivity contribution >= 4 is 23.4 Å². The normalized spacial score (nSPS) is 21.8. The van der Waals surface area contributed by atoms with Gasteiger partial charge in [-0.25, -0.2) is 0 Å². The zero-order valence-electron chi connectivity index (χ0n) is 12.9. The second kappa shape index (κ2) is 8.27. The van der Waals surface area contributed by atoms with Crippen LogP contribution in [0.5, 0.6) is 0 Å². The van der Waals surface area contributed by atoms with Gasteiger partial charge in [0.2, 0.25) is 0 Å². The van der Waals surface area contributed by atoms with Gasteiger partial charge in [0, 0.05) is 29.7 Å². The molecule has 4 nitrogen and oxygen atoms in total. The topological polar surface area (TPSA) is 54.0 Å². The Balaban J connectivity index is 1.88. The Morgan fingerprint density at radius 3 is 2.81 bits per heavy atom. The first-order chi connectivity index (χ1) is 10.2. The highest BCUT2D eigenvalue weighted by Crippen LogP contribution is 2.26. The molecule has 0 radical (unpaired) electrons. The number of carbonyl (C=O) groups is 1. The molecule has 1 aromatic rings. The first-order valence-corrected chi connectivity index (χ1v) is 9.05. The molecule has 5 heteroatoms. The largest absolute Gasteiger partial charge is 0.385 e. The van der Waals surface area contributed by atoms with Crippen LogP contribution in [-0.2, 0) is 0 Å². The fraction of sp³-hybridized carbons (Fsp3) is 0.625. The SMILES string of the molecule is CCCNc1ccnc(C(=O)NC2CCC(SC)CC2)c1.